The number of phenols is 1. The molecule has 0 spiro atoms. The van der Waals surface area contributed by atoms with Gasteiger partial charge in [0.15, 0.2) is 11.5 Å². The summed E-state index contributed by atoms with van der Waals surface area (Å²) in [5, 5.41) is 9.82. The highest BCUT2D eigenvalue weighted by Gasteiger charge is 2.53. The van der Waals surface area contributed by atoms with Crippen molar-refractivity contribution in [2.45, 2.75) is 50.0 Å². The van der Waals surface area contributed by atoms with E-state index >= 15 is 0 Å². The van der Waals surface area contributed by atoms with Crippen LogP contribution in [0.5, 0.6) is 23.0 Å². The lowest BCUT2D eigenvalue weighted by Crippen LogP contribution is -2.59. The summed E-state index contributed by atoms with van der Waals surface area (Å²) in [5.74, 6) is 2.89. The number of methoxy groups -OCH3 is 1. The van der Waals surface area contributed by atoms with Gasteiger partial charge in [-0.3, -0.25) is 0 Å². The second-order valence-electron chi connectivity index (χ2n) is 8.77. The third-order valence-corrected chi connectivity index (χ3v) is 7.47. The van der Waals surface area contributed by atoms with Crippen molar-refractivity contribution >= 4 is 0 Å². The SMILES string of the molecule is COc1cc(Oc2ccc3c(c2)[C@@]24CCCC[C@H]2[C@@H](C3)N(C)CC4)ccc1O. The summed E-state index contributed by atoms with van der Waals surface area (Å²) < 4.78 is 11.4. The van der Waals surface area contributed by atoms with Gasteiger partial charge in [-0.05, 0) is 80.6 Å². The Hall–Kier alpha value is -2.20. The summed E-state index contributed by atoms with van der Waals surface area (Å²) in [6, 6.07) is 12.5. The minimum absolute atomic E-state index is 0.126. The topological polar surface area (TPSA) is 41.9 Å². The smallest absolute Gasteiger partial charge is 0.164 e. The summed E-state index contributed by atoms with van der Waals surface area (Å²) in [5.41, 5.74) is 3.37. The van der Waals surface area contributed by atoms with E-state index in [1.807, 2.05) is 0 Å². The van der Waals surface area contributed by atoms with Gasteiger partial charge in [-0.25, -0.2) is 0 Å². The molecule has 2 fully saturated rings. The molecule has 2 aromatic rings. The van der Waals surface area contributed by atoms with Crippen LogP contribution in [-0.2, 0) is 11.8 Å². The van der Waals surface area contributed by atoms with Crippen LogP contribution in [0.25, 0.3) is 0 Å². The predicted molar refractivity (Wildman–Crippen MR) is 110 cm³/mol. The highest BCUT2D eigenvalue weighted by Crippen LogP contribution is 2.56. The van der Waals surface area contributed by atoms with E-state index in [4.69, 9.17) is 9.47 Å². The largest absolute Gasteiger partial charge is 0.504 e. The van der Waals surface area contributed by atoms with Gasteiger partial charge in [0.1, 0.15) is 11.5 Å². The van der Waals surface area contributed by atoms with Gasteiger partial charge in [-0.1, -0.05) is 18.9 Å². The molecular formula is C24H29NO3. The highest BCUT2D eigenvalue weighted by atomic mass is 16.5. The van der Waals surface area contributed by atoms with Crippen LogP contribution in [0.15, 0.2) is 36.4 Å². The van der Waals surface area contributed by atoms with Crippen molar-refractivity contribution in [1.29, 1.82) is 0 Å². The summed E-state index contributed by atoms with van der Waals surface area (Å²) in [6.45, 7) is 1.20. The van der Waals surface area contributed by atoms with Gasteiger partial charge in [0.2, 0.25) is 0 Å². The second kappa shape index (κ2) is 6.70. The van der Waals surface area contributed by atoms with Crippen LogP contribution in [0.3, 0.4) is 0 Å². The van der Waals surface area contributed by atoms with E-state index in [-0.39, 0.29) is 5.75 Å². The van der Waals surface area contributed by atoms with Gasteiger partial charge in [-0.2, -0.15) is 0 Å². The molecule has 0 amide bonds. The number of hydrogen-bond acceptors (Lipinski definition) is 4. The predicted octanol–water partition coefficient (Wildman–Crippen LogP) is 4.88. The number of likely N-dealkylation sites (tertiary alicyclic amines) is 1. The Morgan fingerprint density at radius 1 is 1.07 bits per heavy atom. The maximum absolute atomic E-state index is 9.82. The van der Waals surface area contributed by atoms with E-state index in [9.17, 15) is 5.11 Å². The molecule has 0 radical (unpaired) electrons. The Morgan fingerprint density at radius 2 is 1.89 bits per heavy atom. The van der Waals surface area contributed by atoms with Gasteiger partial charge < -0.3 is 19.5 Å². The summed E-state index contributed by atoms with van der Waals surface area (Å²) in [4.78, 5) is 2.60. The Labute approximate surface area is 167 Å². The highest BCUT2D eigenvalue weighted by molar-refractivity contribution is 5.49. The van der Waals surface area contributed by atoms with Crippen LogP contribution in [-0.4, -0.2) is 36.8 Å². The monoisotopic (exact) mass is 379 g/mol. The molecule has 148 valence electrons. The van der Waals surface area contributed by atoms with E-state index < -0.39 is 0 Å². The Kier molecular flexibility index (Phi) is 4.27. The van der Waals surface area contributed by atoms with Crippen LogP contribution in [0, 0.1) is 5.92 Å². The first kappa shape index (κ1) is 17.9. The normalized spacial score (nSPS) is 28.9. The number of phenolic OH excluding ortho intramolecular Hbond substituents is 1. The Balaban J connectivity index is 1.52. The van der Waals surface area contributed by atoms with Crippen molar-refractivity contribution in [2.75, 3.05) is 20.7 Å². The number of likely N-dealkylation sites (N-methyl/N-ethyl adjacent to an activating group) is 1. The first-order valence-corrected chi connectivity index (χ1v) is 10.5. The lowest BCUT2D eigenvalue weighted by Gasteiger charge is -2.58. The Morgan fingerprint density at radius 3 is 2.75 bits per heavy atom. The molecule has 5 rings (SSSR count). The van der Waals surface area contributed by atoms with Gasteiger partial charge in [0.25, 0.3) is 0 Å². The van der Waals surface area contributed by atoms with Gasteiger partial charge in [0.05, 0.1) is 7.11 Å². The number of aromatic hydroxyl groups is 1. The van der Waals surface area contributed by atoms with Crippen molar-refractivity contribution < 1.29 is 14.6 Å². The standard InChI is InChI=1S/C24H29NO3/c1-25-12-11-24-10-4-3-5-19(24)21(25)13-16-6-7-17(14-20(16)24)28-18-8-9-22(26)23(15-18)27-2/h6-9,14-15,19,21,26H,3-5,10-13H2,1-2H3/t19-,21+,24+/m0/s1. The zero-order chi connectivity index (χ0) is 19.3. The molecule has 2 aliphatic carbocycles. The van der Waals surface area contributed by atoms with E-state index in [1.54, 1.807) is 25.3 Å². The fourth-order valence-electron chi connectivity index (χ4n) is 6.10. The van der Waals surface area contributed by atoms with Gasteiger partial charge in [0, 0.05) is 17.5 Å². The maximum atomic E-state index is 9.82. The Bertz CT molecular complexity index is 895. The number of rotatable bonds is 3. The van der Waals surface area contributed by atoms with E-state index in [0.717, 1.165) is 18.1 Å². The van der Waals surface area contributed by atoms with Crippen LogP contribution < -0.4 is 9.47 Å². The summed E-state index contributed by atoms with van der Waals surface area (Å²) >= 11 is 0. The molecule has 1 heterocycles. The van der Waals surface area contributed by atoms with Gasteiger partial charge >= 0.3 is 0 Å². The molecular weight excluding hydrogens is 350 g/mol. The van der Waals surface area contributed by atoms with Crippen LogP contribution in [0.2, 0.25) is 0 Å². The van der Waals surface area contributed by atoms with Crippen molar-refractivity contribution in [2.24, 2.45) is 5.92 Å². The quantitative estimate of drug-likeness (QED) is 0.825. The summed E-state index contributed by atoms with van der Waals surface area (Å²) in [7, 11) is 3.86. The van der Waals surface area contributed by atoms with E-state index in [2.05, 4.69) is 30.1 Å². The number of ether oxygens (including phenoxy) is 2. The molecule has 4 heteroatoms. The minimum Gasteiger partial charge on any atom is -0.504 e. The molecule has 1 saturated heterocycles. The van der Waals surface area contributed by atoms with E-state index in [0.29, 0.717) is 23.0 Å². The van der Waals surface area contributed by atoms with Crippen LogP contribution >= 0.6 is 0 Å². The number of nitrogens with zero attached hydrogens (tertiary/aromatic N) is 1. The molecule has 28 heavy (non-hydrogen) atoms. The van der Waals surface area contributed by atoms with Crippen molar-refractivity contribution in [1.82, 2.24) is 4.90 Å². The third-order valence-electron chi connectivity index (χ3n) is 7.47. The molecule has 2 aromatic carbocycles. The first-order chi connectivity index (χ1) is 13.6. The average Bonchev–Trinajstić information content (AvgIpc) is 2.72. The zero-order valence-electron chi connectivity index (χ0n) is 16.8. The molecule has 4 nitrogen and oxygen atoms in total. The lowest BCUT2D eigenvalue weighted by atomic mass is 9.52. The van der Waals surface area contributed by atoms with Crippen molar-refractivity contribution in [3.05, 3.63) is 47.5 Å². The van der Waals surface area contributed by atoms with Crippen molar-refractivity contribution in [3.8, 4) is 23.0 Å². The molecule has 3 atom stereocenters. The minimum atomic E-state index is 0.126. The first-order valence-electron chi connectivity index (χ1n) is 10.5. The third kappa shape index (κ3) is 2.69. The van der Waals surface area contributed by atoms with Gasteiger partial charge in [-0.15, -0.1) is 0 Å². The molecule has 0 aromatic heterocycles. The van der Waals surface area contributed by atoms with Crippen LogP contribution in [0.1, 0.15) is 43.2 Å². The zero-order valence-corrected chi connectivity index (χ0v) is 16.8. The molecule has 1 N–H and O–H groups in total. The number of piperidine rings is 1. The molecule has 1 saturated carbocycles. The molecule has 3 aliphatic rings. The van der Waals surface area contributed by atoms with Crippen LogP contribution in [0.4, 0.5) is 0 Å². The number of hydrogen-bond donors (Lipinski definition) is 1. The second-order valence-corrected chi connectivity index (χ2v) is 8.77. The fourth-order valence-corrected chi connectivity index (χ4v) is 6.10. The van der Waals surface area contributed by atoms with E-state index in [1.165, 1.54) is 49.8 Å². The maximum Gasteiger partial charge on any atom is 0.164 e. The summed E-state index contributed by atoms with van der Waals surface area (Å²) in [6.07, 6.45) is 7.79. The molecule has 1 aliphatic heterocycles. The number of benzene rings is 2. The number of fused-ring (bicyclic) bond motifs is 1. The average molecular weight is 380 g/mol. The van der Waals surface area contributed by atoms with Crippen molar-refractivity contribution in [3.63, 3.8) is 0 Å². The lowest BCUT2D eigenvalue weighted by molar-refractivity contribution is 0.00276. The molecule has 2 bridgehead atoms. The molecule has 0 unspecified atom stereocenters. The fraction of sp³-hybridized carbons (Fsp3) is 0.500.